The Balaban J connectivity index is 0.00000220. The average Bonchev–Trinajstić information content (AvgIpc) is 3.12. The molecule has 5 nitrogen and oxygen atoms in total. The first-order valence-corrected chi connectivity index (χ1v) is 7.98. The van der Waals surface area contributed by atoms with Gasteiger partial charge in [-0.3, -0.25) is 4.79 Å². The monoisotopic (exact) mass is 369 g/mol. The van der Waals surface area contributed by atoms with Gasteiger partial charge in [-0.25, -0.2) is 4.98 Å². The van der Waals surface area contributed by atoms with Gasteiger partial charge in [0, 0.05) is 18.4 Å². The minimum atomic E-state index is 0. The molecular formula is C14H25Cl2N3O2S. The zero-order valence-electron chi connectivity index (χ0n) is 12.9. The highest BCUT2D eigenvalue weighted by molar-refractivity contribution is 7.09. The lowest BCUT2D eigenvalue weighted by molar-refractivity contribution is -0.126. The van der Waals surface area contributed by atoms with Crippen molar-refractivity contribution in [1.82, 2.24) is 10.3 Å². The Kier molecular flexibility index (Phi) is 10.2. The third kappa shape index (κ3) is 5.35. The molecule has 22 heavy (non-hydrogen) atoms. The number of hydrogen-bond donors (Lipinski definition) is 2. The summed E-state index contributed by atoms with van der Waals surface area (Å²) in [4.78, 5) is 16.6. The summed E-state index contributed by atoms with van der Waals surface area (Å²) >= 11 is 1.56. The van der Waals surface area contributed by atoms with E-state index in [-0.39, 0.29) is 42.7 Å². The van der Waals surface area contributed by atoms with Crippen LogP contribution in [0, 0.1) is 11.8 Å². The highest BCUT2D eigenvalue weighted by Crippen LogP contribution is 2.31. The number of aromatic nitrogens is 1. The molecule has 1 aliphatic carbocycles. The predicted octanol–water partition coefficient (Wildman–Crippen LogP) is 2.69. The molecule has 3 atom stereocenters. The van der Waals surface area contributed by atoms with Crippen molar-refractivity contribution in [1.29, 1.82) is 0 Å². The smallest absolute Gasteiger partial charge is 0.223 e. The minimum absolute atomic E-state index is 0. The van der Waals surface area contributed by atoms with Gasteiger partial charge in [-0.1, -0.05) is 6.42 Å². The van der Waals surface area contributed by atoms with Crippen LogP contribution in [0.3, 0.4) is 0 Å². The Morgan fingerprint density at radius 3 is 2.91 bits per heavy atom. The molecule has 0 saturated heterocycles. The van der Waals surface area contributed by atoms with Gasteiger partial charge in [0.15, 0.2) is 0 Å². The zero-order valence-corrected chi connectivity index (χ0v) is 15.4. The summed E-state index contributed by atoms with van der Waals surface area (Å²) < 4.78 is 5.23. The number of nitrogens with one attached hydrogen (secondary N) is 1. The normalized spacial score (nSPS) is 21.6. The van der Waals surface area contributed by atoms with E-state index in [0.717, 1.165) is 30.0 Å². The molecule has 0 aliphatic heterocycles. The first-order chi connectivity index (χ1) is 9.65. The highest BCUT2D eigenvalue weighted by Gasteiger charge is 2.31. The van der Waals surface area contributed by atoms with Crippen LogP contribution < -0.4 is 11.1 Å². The average molecular weight is 370 g/mol. The number of hydrogen-bond acceptors (Lipinski definition) is 5. The largest absolute Gasteiger partial charge is 0.375 e. The lowest BCUT2D eigenvalue weighted by Gasteiger charge is -2.16. The van der Waals surface area contributed by atoms with E-state index in [9.17, 15) is 4.79 Å². The molecule has 0 bridgehead atoms. The molecule has 1 aromatic rings. The van der Waals surface area contributed by atoms with E-state index in [2.05, 4.69) is 10.3 Å². The number of ether oxygens (including phenoxy) is 1. The van der Waals surface area contributed by atoms with Gasteiger partial charge in [-0.05, 0) is 32.2 Å². The first kappa shape index (κ1) is 21.6. The van der Waals surface area contributed by atoms with Gasteiger partial charge in [0.25, 0.3) is 0 Å². The molecule has 1 heterocycles. The molecule has 1 aromatic heterocycles. The summed E-state index contributed by atoms with van der Waals surface area (Å²) in [7, 11) is 1.67. The van der Waals surface area contributed by atoms with Crippen LogP contribution in [-0.2, 0) is 16.1 Å². The summed E-state index contributed by atoms with van der Waals surface area (Å²) in [6, 6.07) is 0. The zero-order chi connectivity index (χ0) is 14.5. The van der Waals surface area contributed by atoms with Crippen LogP contribution in [-0.4, -0.2) is 24.5 Å². The lowest BCUT2D eigenvalue weighted by Crippen LogP contribution is -2.34. The molecule has 128 valence electrons. The van der Waals surface area contributed by atoms with Gasteiger partial charge < -0.3 is 15.8 Å². The van der Waals surface area contributed by atoms with Crippen LogP contribution in [0.25, 0.3) is 0 Å². The minimum Gasteiger partial charge on any atom is -0.375 e. The second-order valence-electron chi connectivity index (χ2n) is 5.31. The topological polar surface area (TPSA) is 77.2 Å². The molecule has 1 fully saturated rings. The van der Waals surface area contributed by atoms with Gasteiger partial charge in [0.2, 0.25) is 5.91 Å². The van der Waals surface area contributed by atoms with E-state index in [4.69, 9.17) is 10.5 Å². The summed E-state index contributed by atoms with van der Waals surface area (Å²) in [5.41, 5.74) is 6.61. The molecule has 0 spiro atoms. The van der Waals surface area contributed by atoms with E-state index in [1.54, 1.807) is 18.4 Å². The maximum Gasteiger partial charge on any atom is 0.223 e. The van der Waals surface area contributed by atoms with Crippen molar-refractivity contribution < 1.29 is 9.53 Å². The van der Waals surface area contributed by atoms with E-state index in [1.807, 2.05) is 12.3 Å². The molecule has 1 amide bonds. The standard InChI is InChI=1S/C14H23N3O2S.2ClH/c1-9(19-2)14-17-11(8-20-14)7-16-13(18)12-5-3-4-10(12)6-15;;/h8-10,12H,3-7,15H2,1-2H3,(H,16,18);2*1H/t9?,10-,12-;;/m1../s1. The summed E-state index contributed by atoms with van der Waals surface area (Å²) in [6.07, 6.45) is 3.13. The quantitative estimate of drug-likeness (QED) is 0.807. The molecule has 1 saturated carbocycles. The molecular weight excluding hydrogens is 345 g/mol. The number of carbonyl (C=O) groups is 1. The summed E-state index contributed by atoms with van der Waals surface area (Å²) in [5, 5.41) is 5.90. The number of nitrogens with two attached hydrogens (primary N) is 1. The number of rotatable bonds is 6. The second kappa shape index (κ2) is 10.4. The number of nitrogens with zero attached hydrogens (tertiary/aromatic N) is 1. The Morgan fingerprint density at radius 2 is 2.27 bits per heavy atom. The van der Waals surface area contributed by atoms with Crippen molar-refractivity contribution in [2.45, 2.75) is 38.8 Å². The van der Waals surface area contributed by atoms with Crippen LogP contribution in [0.15, 0.2) is 5.38 Å². The van der Waals surface area contributed by atoms with Gasteiger partial charge in [-0.15, -0.1) is 36.2 Å². The van der Waals surface area contributed by atoms with Gasteiger partial charge >= 0.3 is 0 Å². The van der Waals surface area contributed by atoms with Crippen LogP contribution in [0.4, 0.5) is 0 Å². The molecule has 1 unspecified atom stereocenters. The van der Waals surface area contributed by atoms with Gasteiger partial charge in [-0.2, -0.15) is 0 Å². The van der Waals surface area contributed by atoms with Crippen LogP contribution >= 0.6 is 36.2 Å². The number of thiazole rings is 1. The Labute approximate surface area is 148 Å². The second-order valence-corrected chi connectivity index (χ2v) is 6.20. The van der Waals surface area contributed by atoms with Crippen molar-refractivity contribution in [3.8, 4) is 0 Å². The fourth-order valence-corrected chi connectivity index (χ4v) is 3.51. The number of halogens is 2. The molecule has 2 rings (SSSR count). The molecule has 1 aliphatic rings. The molecule has 0 aromatic carbocycles. The number of methoxy groups -OCH3 is 1. The fraction of sp³-hybridized carbons (Fsp3) is 0.714. The SMILES string of the molecule is COC(C)c1nc(CNC(=O)[C@@H]2CCC[C@@H]2CN)cs1.Cl.Cl. The van der Waals surface area contributed by atoms with Crippen molar-refractivity contribution in [2.24, 2.45) is 17.6 Å². The van der Waals surface area contributed by atoms with E-state index in [1.165, 1.54) is 0 Å². The van der Waals surface area contributed by atoms with E-state index >= 15 is 0 Å². The predicted molar refractivity (Wildman–Crippen MR) is 93.8 cm³/mol. The third-order valence-electron chi connectivity index (χ3n) is 4.01. The number of carbonyl (C=O) groups excluding carboxylic acids is 1. The van der Waals surface area contributed by atoms with Crippen molar-refractivity contribution in [3.05, 3.63) is 16.1 Å². The Bertz CT molecular complexity index is 459. The highest BCUT2D eigenvalue weighted by atomic mass is 35.5. The van der Waals surface area contributed by atoms with Gasteiger partial charge in [0.1, 0.15) is 11.1 Å². The third-order valence-corrected chi connectivity index (χ3v) is 5.07. The summed E-state index contributed by atoms with van der Waals surface area (Å²) in [5.74, 6) is 0.540. The molecule has 8 heteroatoms. The Hall–Kier alpha value is -0.400. The van der Waals surface area contributed by atoms with Crippen LogP contribution in [0.1, 0.15) is 43.0 Å². The van der Waals surface area contributed by atoms with Crippen LogP contribution in [0.2, 0.25) is 0 Å². The number of amides is 1. The fourth-order valence-electron chi connectivity index (χ4n) is 2.66. The first-order valence-electron chi connectivity index (χ1n) is 7.10. The Morgan fingerprint density at radius 1 is 1.55 bits per heavy atom. The lowest BCUT2D eigenvalue weighted by atomic mass is 9.95. The molecule has 3 N–H and O–H groups in total. The van der Waals surface area contributed by atoms with Crippen molar-refractivity contribution in [2.75, 3.05) is 13.7 Å². The van der Waals surface area contributed by atoms with Crippen molar-refractivity contribution in [3.63, 3.8) is 0 Å². The van der Waals surface area contributed by atoms with E-state index < -0.39 is 0 Å². The van der Waals surface area contributed by atoms with Gasteiger partial charge in [0.05, 0.1) is 12.2 Å². The molecule has 0 radical (unpaired) electrons. The summed E-state index contributed by atoms with van der Waals surface area (Å²) in [6.45, 7) is 3.05. The maximum atomic E-state index is 12.2. The maximum absolute atomic E-state index is 12.2. The van der Waals surface area contributed by atoms with E-state index in [0.29, 0.717) is 19.0 Å². The van der Waals surface area contributed by atoms with Crippen LogP contribution in [0.5, 0.6) is 0 Å². The van der Waals surface area contributed by atoms with Crippen molar-refractivity contribution >= 4 is 42.1 Å².